The molecule has 0 aliphatic heterocycles. The molecule has 0 saturated heterocycles. The van der Waals surface area contributed by atoms with Crippen molar-refractivity contribution in [2.75, 3.05) is 0 Å². The first-order valence-corrected chi connectivity index (χ1v) is 7.51. The number of halogens is 1. The highest BCUT2D eigenvalue weighted by atomic mass is 35.5. The summed E-state index contributed by atoms with van der Waals surface area (Å²) >= 11 is 7.39. The predicted molar refractivity (Wildman–Crippen MR) is 82.8 cm³/mol. The SMILES string of the molecule is NC(Cc1c(-c2ccc(Cl)cc2)nc2sccn12)C(=O)O. The van der Waals surface area contributed by atoms with E-state index in [0.717, 1.165) is 21.9 Å². The number of thiazole rings is 1. The van der Waals surface area contributed by atoms with Crippen LogP contribution in [0.4, 0.5) is 0 Å². The van der Waals surface area contributed by atoms with E-state index in [1.54, 1.807) is 12.1 Å². The van der Waals surface area contributed by atoms with Gasteiger partial charge in [-0.3, -0.25) is 9.20 Å². The molecule has 0 amide bonds. The van der Waals surface area contributed by atoms with E-state index in [1.807, 2.05) is 28.1 Å². The van der Waals surface area contributed by atoms with Crippen LogP contribution in [0.25, 0.3) is 16.2 Å². The average Bonchev–Trinajstić information content (AvgIpc) is 3.02. The quantitative estimate of drug-likeness (QED) is 0.774. The van der Waals surface area contributed by atoms with E-state index in [4.69, 9.17) is 22.4 Å². The molecule has 3 aromatic rings. The number of benzene rings is 1. The number of aromatic nitrogens is 2. The van der Waals surface area contributed by atoms with Gasteiger partial charge in [-0.2, -0.15) is 0 Å². The van der Waals surface area contributed by atoms with E-state index in [1.165, 1.54) is 11.3 Å². The summed E-state index contributed by atoms with van der Waals surface area (Å²) in [6, 6.07) is 6.34. The van der Waals surface area contributed by atoms with Gasteiger partial charge in [0, 0.05) is 28.6 Å². The number of hydrogen-bond acceptors (Lipinski definition) is 4. The zero-order valence-corrected chi connectivity index (χ0v) is 12.4. The second kappa shape index (κ2) is 5.48. The third-order valence-corrected chi connectivity index (χ3v) is 4.22. The van der Waals surface area contributed by atoms with Crippen molar-refractivity contribution in [2.24, 2.45) is 5.73 Å². The van der Waals surface area contributed by atoms with Crippen LogP contribution in [0.2, 0.25) is 5.02 Å². The standard InChI is InChI=1S/C14H12ClN3O2S/c15-9-3-1-8(2-4-9)12-11(7-10(16)13(19)20)18-5-6-21-14(18)17-12/h1-6,10H,7,16H2,(H,19,20). The second-order valence-electron chi connectivity index (χ2n) is 4.62. The maximum absolute atomic E-state index is 11.0. The van der Waals surface area contributed by atoms with E-state index < -0.39 is 12.0 Å². The molecule has 0 radical (unpaired) electrons. The zero-order chi connectivity index (χ0) is 15.0. The van der Waals surface area contributed by atoms with Crippen molar-refractivity contribution in [3.8, 4) is 11.3 Å². The lowest BCUT2D eigenvalue weighted by molar-refractivity contribution is -0.138. The van der Waals surface area contributed by atoms with E-state index in [9.17, 15) is 4.79 Å². The fourth-order valence-electron chi connectivity index (χ4n) is 2.16. The maximum atomic E-state index is 11.0. The van der Waals surface area contributed by atoms with Crippen LogP contribution in [0.1, 0.15) is 5.69 Å². The number of carbonyl (C=O) groups is 1. The van der Waals surface area contributed by atoms with Crippen LogP contribution in [0.5, 0.6) is 0 Å². The number of fused-ring (bicyclic) bond motifs is 1. The molecule has 21 heavy (non-hydrogen) atoms. The Hall–Kier alpha value is -1.89. The summed E-state index contributed by atoms with van der Waals surface area (Å²) in [4.78, 5) is 16.4. The second-order valence-corrected chi connectivity index (χ2v) is 5.93. The third-order valence-electron chi connectivity index (χ3n) is 3.21. The highest BCUT2D eigenvalue weighted by Gasteiger charge is 2.20. The Kier molecular flexibility index (Phi) is 3.67. The third kappa shape index (κ3) is 2.65. The molecule has 7 heteroatoms. The molecule has 2 heterocycles. The molecule has 1 atom stereocenters. The molecular formula is C14H12ClN3O2S. The largest absolute Gasteiger partial charge is 0.480 e. The van der Waals surface area contributed by atoms with Crippen molar-refractivity contribution in [1.29, 1.82) is 0 Å². The van der Waals surface area contributed by atoms with Gasteiger partial charge in [-0.05, 0) is 12.1 Å². The lowest BCUT2D eigenvalue weighted by atomic mass is 10.1. The Morgan fingerprint density at radius 3 is 2.81 bits per heavy atom. The van der Waals surface area contributed by atoms with Crippen LogP contribution in [0.3, 0.4) is 0 Å². The molecule has 0 spiro atoms. The van der Waals surface area contributed by atoms with Gasteiger partial charge in [0.2, 0.25) is 0 Å². The molecule has 0 aliphatic rings. The Morgan fingerprint density at radius 2 is 2.14 bits per heavy atom. The van der Waals surface area contributed by atoms with Gasteiger partial charge in [0.05, 0.1) is 11.4 Å². The normalized spacial score (nSPS) is 12.7. The molecule has 5 nitrogen and oxygen atoms in total. The number of carboxylic acid groups (broad SMARTS) is 1. The first-order valence-electron chi connectivity index (χ1n) is 6.25. The molecule has 2 aromatic heterocycles. The van der Waals surface area contributed by atoms with Crippen molar-refractivity contribution in [2.45, 2.75) is 12.5 Å². The van der Waals surface area contributed by atoms with Gasteiger partial charge in [-0.25, -0.2) is 4.98 Å². The topological polar surface area (TPSA) is 80.6 Å². The number of rotatable bonds is 4. The molecule has 3 rings (SSSR count). The molecule has 0 bridgehead atoms. The van der Waals surface area contributed by atoms with Crippen molar-refractivity contribution >= 4 is 33.9 Å². The van der Waals surface area contributed by atoms with Crippen molar-refractivity contribution in [1.82, 2.24) is 9.38 Å². The number of nitrogens with two attached hydrogens (primary N) is 1. The van der Waals surface area contributed by atoms with E-state index >= 15 is 0 Å². The fraction of sp³-hybridized carbons (Fsp3) is 0.143. The number of nitrogens with zero attached hydrogens (tertiary/aromatic N) is 2. The lowest BCUT2D eigenvalue weighted by Gasteiger charge is -2.08. The molecule has 1 aromatic carbocycles. The average molecular weight is 322 g/mol. The van der Waals surface area contributed by atoms with Gasteiger partial charge >= 0.3 is 5.97 Å². The first-order chi connectivity index (χ1) is 10.1. The smallest absolute Gasteiger partial charge is 0.320 e. The fourth-order valence-corrected chi connectivity index (χ4v) is 3.02. The molecule has 0 aliphatic carbocycles. The Labute approximate surface area is 129 Å². The number of aliphatic carboxylic acids is 1. The van der Waals surface area contributed by atoms with Crippen LogP contribution in [0.15, 0.2) is 35.8 Å². The molecule has 0 fully saturated rings. The minimum atomic E-state index is -1.03. The van der Waals surface area contributed by atoms with Crippen LogP contribution in [-0.2, 0) is 11.2 Å². The molecule has 1 unspecified atom stereocenters. The summed E-state index contributed by atoms with van der Waals surface area (Å²) in [6.07, 6.45) is 2.08. The highest BCUT2D eigenvalue weighted by Crippen LogP contribution is 2.28. The van der Waals surface area contributed by atoms with Crippen LogP contribution in [-0.4, -0.2) is 26.5 Å². The molecule has 3 N–H and O–H groups in total. The van der Waals surface area contributed by atoms with E-state index in [2.05, 4.69) is 4.98 Å². The summed E-state index contributed by atoms with van der Waals surface area (Å²) in [5, 5.41) is 11.6. The lowest BCUT2D eigenvalue weighted by Crippen LogP contribution is -2.32. The molecule has 0 saturated carbocycles. The Balaban J connectivity index is 2.11. The highest BCUT2D eigenvalue weighted by molar-refractivity contribution is 7.15. The van der Waals surface area contributed by atoms with Gasteiger partial charge in [0.25, 0.3) is 0 Å². The number of carboxylic acids is 1. The molecule has 108 valence electrons. The van der Waals surface area contributed by atoms with Gasteiger partial charge in [0.15, 0.2) is 4.96 Å². The summed E-state index contributed by atoms with van der Waals surface area (Å²) < 4.78 is 1.89. The Bertz CT molecular complexity index is 794. The first kappa shape index (κ1) is 14.1. The van der Waals surface area contributed by atoms with E-state index in [-0.39, 0.29) is 6.42 Å². The zero-order valence-electron chi connectivity index (χ0n) is 10.9. The maximum Gasteiger partial charge on any atom is 0.320 e. The van der Waals surface area contributed by atoms with Gasteiger partial charge in [0.1, 0.15) is 6.04 Å². The van der Waals surface area contributed by atoms with Crippen LogP contribution in [0, 0.1) is 0 Å². The predicted octanol–water partition coefficient (Wildman–Crippen LogP) is 2.67. The summed E-state index contributed by atoms with van der Waals surface area (Å²) in [5.74, 6) is -1.03. The molecular weight excluding hydrogens is 310 g/mol. The Morgan fingerprint density at radius 1 is 1.43 bits per heavy atom. The van der Waals surface area contributed by atoms with Gasteiger partial charge in [-0.15, -0.1) is 11.3 Å². The van der Waals surface area contributed by atoms with Crippen LogP contribution < -0.4 is 5.73 Å². The monoisotopic (exact) mass is 321 g/mol. The van der Waals surface area contributed by atoms with Crippen molar-refractivity contribution < 1.29 is 9.90 Å². The minimum absolute atomic E-state index is 0.213. The van der Waals surface area contributed by atoms with Gasteiger partial charge < -0.3 is 10.8 Å². The van der Waals surface area contributed by atoms with Crippen molar-refractivity contribution in [3.05, 3.63) is 46.6 Å². The summed E-state index contributed by atoms with van der Waals surface area (Å²) in [6.45, 7) is 0. The minimum Gasteiger partial charge on any atom is -0.480 e. The summed E-state index contributed by atoms with van der Waals surface area (Å²) in [7, 11) is 0. The van der Waals surface area contributed by atoms with Gasteiger partial charge in [-0.1, -0.05) is 23.7 Å². The van der Waals surface area contributed by atoms with Crippen LogP contribution >= 0.6 is 22.9 Å². The van der Waals surface area contributed by atoms with E-state index in [0.29, 0.717) is 5.02 Å². The summed E-state index contributed by atoms with van der Waals surface area (Å²) in [5.41, 5.74) is 8.11. The van der Waals surface area contributed by atoms with Crippen molar-refractivity contribution in [3.63, 3.8) is 0 Å². The number of imidazole rings is 1. The number of hydrogen-bond donors (Lipinski definition) is 2.